The zero-order valence-corrected chi connectivity index (χ0v) is 8.92. The van der Waals surface area contributed by atoms with Crippen LogP contribution in [0.4, 0.5) is 0 Å². The molecule has 14 heavy (non-hydrogen) atoms. The van der Waals surface area contributed by atoms with E-state index in [-0.39, 0.29) is 18.1 Å². The van der Waals surface area contributed by atoms with Crippen molar-refractivity contribution in [1.82, 2.24) is 5.32 Å². The van der Waals surface area contributed by atoms with E-state index in [0.717, 1.165) is 19.3 Å². The molecular formula is C10H20N2O2. The number of carbonyl (C=O) groups is 1. The molecule has 0 aromatic rings. The Morgan fingerprint density at radius 1 is 1.50 bits per heavy atom. The zero-order valence-electron chi connectivity index (χ0n) is 8.92. The summed E-state index contributed by atoms with van der Waals surface area (Å²) in [6.45, 7) is 3.36. The van der Waals surface area contributed by atoms with Crippen molar-refractivity contribution < 1.29 is 9.90 Å². The minimum absolute atomic E-state index is 0.0917. The first-order chi connectivity index (χ1) is 6.39. The van der Waals surface area contributed by atoms with Crippen LogP contribution in [-0.4, -0.2) is 28.7 Å². The fraction of sp³-hybridized carbons (Fsp3) is 0.900. The van der Waals surface area contributed by atoms with Gasteiger partial charge in [-0.1, -0.05) is 0 Å². The predicted octanol–water partition coefficient (Wildman–Crippen LogP) is 0.143. The van der Waals surface area contributed by atoms with Crippen LogP contribution in [0.3, 0.4) is 0 Å². The highest BCUT2D eigenvalue weighted by atomic mass is 16.3. The van der Waals surface area contributed by atoms with Crippen LogP contribution < -0.4 is 11.1 Å². The lowest BCUT2D eigenvalue weighted by Crippen LogP contribution is -2.53. The molecule has 82 valence electrons. The molecule has 0 bridgehead atoms. The normalized spacial score (nSPS) is 28.6. The number of aliphatic hydroxyl groups is 1. The van der Waals surface area contributed by atoms with Crippen molar-refractivity contribution in [3.05, 3.63) is 0 Å². The monoisotopic (exact) mass is 200 g/mol. The lowest BCUT2D eigenvalue weighted by molar-refractivity contribution is -0.126. The average Bonchev–Trinajstić information content (AvgIpc) is 2.02. The molecule has 4 heteroatoms. The van der Waals surface area contributed by atoms with Gasteiger partial charge >= 0.3 is 0 Å². The third kappa shape index (κ3) is 3.27. The summed E-state index contributed by atoms with van der Waals surface area (Å²) in [5.74, 6) is -0.142. The van der Waals surface area contributed by atoms with E-state index in [0.29, 0.717) is 6.42 Å². The van der Waals surface area contributed by atoms with E-state index in [1.807, 2.05) is 0 Å². The average molecular weight is 200 g/mol. The number of amides is 1. The van der Waals surface area contributed by atoms with E-state index in [2.05, 4.69) is 5.32 Å². The zero-order chi connectivity index (χ0) is 10.8. The van der Waals surface area contributed by atoms with E-state index in [1.165, 1.54) is 0 Å². The van der Waals surface area contributed by atoms with Gasteiger partial charge in [0.15, 0.2) is 0 Å². The number of hydrogen-bond acceptors (Lipinski definition) is 3. The molecular weight excluding hydrogens is 180 g/mol. The topological polar surface area (TPSA) is 75.4 Å². The van der Waals surface area contributed by atoms with Gasteiger partial charge in [0.05, 0.1) is 11.6 Å². The first-order valence-electron chi connectivity index (χ1n) is 5.17. The Hall–Kier alpha value is -0.610. The number of nitrogens with one attached hydrogen (secondary N) is 1. The molecule has 1 rings (SSSR count). The first-order valence-corrected chi connectivity index (χ1v) is 5.17. The summed E-state index contributed by atoms with van der Waals surface area (Å²) in [6, 6.07) is 0.0917. The second kappa shape index (κ2) is 4.28. The van der Waals surface area contributed by atoms with Crippen LogP contribution in [0, 0.1) is 0 Å². The van der Waals surface area contributed by atoms with Crippen LogP contribution in [0.5, 0.6) is 0 Å². The third-order valence-corrected chi connectivity index (χ3v) is 2.57. The minimum Gasteiger partial charge on any atom is -0.393 e. The number of hydrogen-bond donors (Lipinski definition) is 3. The molecule has 4 nitrogen and oxygen atoms in total. The van der Waals surface area contributed by atoms with Crippen molar-refractivity contribution in [2.75, 3.05) is 0 Å². The summed E-state index contributed by atoms with van der Waals surface area (Å²) in [5.41, 5.74) is 4.83. The second-order valence-electron chi connectivity index (χ2n) is 4.71. The quantitative estimate of drug-likeness (QED) is 0.593. The second-order valence-corrected chi connectivity index (χ2v) is 4.71. The molecule has 0 aromatic carbocycles. The van der Waals surface area contributed by atoms with Crippen molar-refractivity contribution in [2.24, 2.45) is 5.73 Å². The van der Waals surface area contributed by atoms with Gasteiger partial charge in [-0.2, -0.15) is 0 Å². The Morgan fingerprint density at radius 3 is 2.64 bits per heavy atom. The minimum atomic E-state index is -0.831. The number of aliphatic hydroxyl groups excluding tert-OH is 1. The third-order valence-electron chi connectivity index (χ3n) is 2.57. The summed E-state index contributed by atoms with van der Waals surface area (Å²) in [4.78, 5) is 11.5. The molecule has 0 spiro atoms. The van der Waals surface area contributed by atoms with Gasteiger partial charge in [0.25, 0.3) is 0 Å². The molecule has 1 aliphatic carbocycles. The van der Waals surface area contributed by atoms with E-state index in [1.54, 1.807) is 13.8 Å². The Bertz CT molecular complexity index is 211. The largest absolute Gasteiger partial charge is 0.393 e. The van der Waals surface area contributed by atoms with Crippen LogP contribution in [-0.2, 0) is 4.79 Å². The molecule has 0 aromatic heterocycles. The lowest BCUT2D eigenvalue weighted by atomic mass is 9.92. The molecule has 2 unspecified atom stereocenters. The van der Waals surface area contributed by atoms with Crippen LogP contribution in [0.1, 0.15) is 39.5 Å². The van der Waals surface area contributed by atoms with Crippen molar-refractivity contribution >= 4 is 5.91 Å². The molecule has 1 fully saturated rings. The van der Waals surface area contributed by atoms with Crippen LogP contribution in [0.2, 0.25) is 0 Å². The SMILES string of the molecule is CC(C)(N)C(=O)NC1CCCC(O)C1. The lowest BCUT2D eigenvalue weighted by Gasteiger charge is -2.29. The van der Waals surface area contributed by atoms with Crippen LogP contribution >= 0.6 is 0 Å². The summed E-state index contributed by atoms with van der Waals surface area (Å²) < 4.78 is 0. The Balaban J connectivity index is 2.40. The predicted molar refractivity (Wildman–Crippen MR) is 54.7 cm³/mol. The van der Waals surface area contributed by atoms with E-state index in [9.17, 15) is 9.90 Å². The summed E-state index contributed by atoms with van der Waals surface area (Å²) in [7, 11) is 0. The fourth-order valence-corrected chi connectivity index (χ4v) is 1.67. The summed E-state index contributed by atoms with van der Waals surface area (Å²) >= 11 is 0. The van der Waals surface area contributed by atoms with Gasteiger partial charge in [-0.3, -0.25) is 4.79 Å². The highest BCUT2D eigenvalue weighted by Crippen LogP contribution is 2.18. The van der Waals surface area contributed by atoms with Gasteiger partial charge in [0.1, 0.15) is 0 Å². The highest BCUT2D eigenvalue weighted by Gasteiger charge is 2.27. The molecule has 0 aliphatic heterocycles. The van der Waals surface area contributed by atoms with Crippen LogP contribution in [0.15, 0.2) is 0 Å². The van der Waals surface area contributed by atoms with Gasteiger partial charge in [0.2, 0.25) is 5.91 Å². The van der Waals surface area contributed by atoms with Crippen molar-refractivity contribution in [1.29, 1.82) is 0 Å². The molecule has 4 N–H and O–H groups in total. The molecule has 0 saturated heterocycles. The van der Waals surface area contributed by atoms with Crippen molar-refractivity contribution in [3.8, 4) is 0 Å². The van der Waals surface area contributed by atoms with Crippen molar-refractivity contribution in [2.45, 2.75) is 57.2 Å². The standard InChI is InChI=1S/C10H20N2O2/c1-10(2,11)9(14)12-7-4-3-5-8(13)6-7/h7-8,13H,3-6,11H2,1-2H3,(H,12,14). The molecule has 0 heterocycles. The Kier molecular flexibility index (Phi) is 3.50. The Morgan fingerprint density at radius 2 is 2.14 bits per heavy atom. The molecule has 1 saturated carbocycles. The van der Waals surface area contributed by atoms with Gasteiger partial charge < -0.3 is 16.2 Å². The van der Waals surface area contributed by atoms with Crippen molar-refractivity contribution in [3.63, 3.8) is 0 Å². The summed E-state index contributed by atoms with van der Waals surface area (Å²) in [6.07, 6.45) is 3.14. The van der Waals surface area contributed by atoms with Crippen LogP contribution in [0.25, 0.3) is 0 Å². The van der Waals surface area contributed by atoms with E-state index < -0.39 is 5.54 Å². The van der Waals surface area contributed by atoms with Gasteiger partial charge in [-0.25, -0.2) is 0 Å². The fourth-order valence-electron chi connectivity index (χ4n) is 1.67. The van der Waals surface area contributed by atoms with E-state index in [4.69, 9.17) is 5.73 Å². The maximum Gasteiger partial charge on any atom is 0.239 e. The maximum absolute atomic E-state index is 11.5. The van der Waals surface area contributed by atoms with Gasteiger partial charge in [-0.15, -0.1) is 0 Å². The molecule has 1 amide bonds. The smallest absolute Gasteiger partial charge is 0.239 e. The maximum atomic E-state index is 11.5. The number of carbonyl (C=O) groups excluding carboxylic acids is 1. The molecule has 0 radical (unpaired) electrons. The van der Waals surface area contributed by atoms with E-state index >= 15 is 0 Å². The summed E-state index contributed by atoms with van der Waals surface area (Å²) in [5, 5.41) is 12.3. The molecule has 2 atom stereocenters. The molecule has 1 aliphatic rings. The van der Waals surface area contributed by atoms with Gasteiger partial charge in [-0.05, 0) is 39.5 Å². The Labute approximate surface area is 84.9 Å². The van der Waals surface area contributed by atoms with Gasteiger partial charge in [0, 0.05) is 6.04 Å². The highest BCUT2D eigenvalue weighted by molar-refractivity contribution is 5.85. The first kappa shape index (κ1) is 11.5. The number of rotatable bonds is 2. The number of nitrogens with two attached hydrogens (primary N) is 1.